The van der Waals surface area contributed by atoms with Crippen LogP contribution in [0.1, 0.15) is 11.1 Å². The molecule has 0 bridgehead atoms. The van der Waals surface area contributed by atoms with E-state index in [1.54, 1.807) is 12.4 Å². The standard InChI is InChI=1S/C13H14ClN3O/c1-17(8-10-2-4-12(14)5-3-10)13-15-6-11(9-18)7-16-13/h2-7,18H,8-9H2,1H3. The van der Waals surface area contributed by atoms with Crippen molar-refractivity contribution in [3.05, 3.63) is 52.8 Å². The highest BCUT2D eigenvalue weighted by molar-refractivity contribution is 6.30. The van der Waals surface area contributed by atoms with Crippen LogP contribution in [0.4, 0.5) is 5.95 Å². The molecule has 2 rings (SSSR count). The van der Waals surface area contributed by atoms with Crippen molar-refractivity contribution < 1.29 is 5.11 Å². The van der Waals surface area contributed by atoms with Crippen molar-refractivity contribution in [2.24, 2.45) is 0 Å². The molecule has 1 heterocycles. The quantitative estimate of drug-likeness (QED) is 0.919. The molecule has 4 nitrogen and oxygen atoms in total. The van der Waals surface area contributed by atoms with Crippen LogP contribution in [0.15, 0.2) is 36.7 Å². The Kier molecular flexibility index (Phi) is 4.12. The van der Waals surface area contributed by atoms with Gasteiger partial charge in [-0.2, -0.15) is 0 Å². The minimum atomic E-state index is -0.0405. The molecule has 5 heteroatoms. The van der Waals surface area contributed by atoms with E-state index in [2.05, 4.69) is 9.97 Å². The molecule has 0 saturated carbocycles. The number of hydrogen-bond donors (Lipinski definition) is 1. The van der Waals surface area contributed by atoms with E-state index in [-0.39, 0.29) is 6.61 Å². The van der Waals surface area contributed by atoms with Gasteiger partial charge in [0.15, 0.2) is 0 Å². The summed E-state index contributed by atoms with van der Waals surface area (Å²) in [5.41, 5.74) is 1.84. The summed E-state index contributed by atoms with van der Waals surface area (Å²) in [4.78, 5) is 10.3. The largest absolute Gasteiger partial charge is 0.392 e. The minimum absolute atomic E-state index is 0.0405. The fraction of sp³-hybridized carbons (Fsp3) is 0.231. The molecule has 0 aliphatic carbocycles. The number of anilines is 1. The number of rotatable bonds is 4. The molecule has 1 N–H and O–H groups in total. The van der Waals surface area contributed by atoms with Crippen LogP contribution < -0.4 is 4.90 Å². The topological polar surface area (TPSA) is 49.2 Å². The van der Waals surface area contributed by atoms with Gasteiger partial charge >= 0.3 is 0 Å². The van der Waals surface area contributed by atoms with E-state index in [4.69, 9.17) is 16.7 Å². The van der Waals surface area contributed by atoms with Crippen LogP contribution >= 0.6 is 11.6 Å². The third kappa shape index (κ3) is 3.18. The van der Waals surface area contributed by atoms with Gasteiger partial charge in [-0.25, -0.2) is 9.97 Å². The number of hydrogen-bond acceptors (Lipinski definition) is 4. The Hall–Kier alpha value is -1.65. The number of aliphatic hydroxyl groups excluding tert-OH is 1. The van der Waals surface area contributed by atoms with Gasteiger partial charge in [0.1, 0.15) is 0 Å². The van der Waals surface area contributed by atoms with Crippen molar-refractivity contribution in [1.29, 1.82) is 0 Å². The molecule has 94 valence electrons. The summed E-state index contributed by atoms with van der Waals surface area (Å²) < 4.78 is 0. The van der Waals surface area contributed by atoms with Gasteiger partial charge < -0.3 is 10.0 Å². The van der Waals surface area contributed by atoms with Gasteiger partial charge in [-0.3, -0.25) is 0 Å². The smallest absolute Gasteiger partial charge is 0.225 e. The molecule has 0 amide bonds. The molecule has 0 atom stereocenters. The van der Waals surface area contributed by atoms with E-state index < -0.39 is 0 Å². The van der Waals surface area contributed by atoms with Crippen LogP contribution in [0.2, 0.25) is 5.02 Å². The lowest BCUT2D eigenvalue weighted by Crippen LogP contribution is -2.19. The van der Waals surface area contributed by atoms with E-state index in [9.17, 15) is 0 Å². The lowest BCUT2D eigenvalue weighted by molar-refractivity contribution is 0.281. The maximum atomic E-state index is 8.92. The van der Waals surface area contributed by atoms with Crippen molar-refractivity contribution in [2.75, 3.05) is 11.9 Å². The number of halogens is 1. The first-order valence-corrected chi connectivity index (χ1v) is 5.94. The Labute approximate surface area is 111 Å². The lowest BCUT2D eigenvalue weighted by atomic mass is 10.2. The maximum Gasteiger partial charge on any atom is 0.225 e. The minimum Gasteiger partial charge on any atom is -0.392 e. The number of aliphatic hydroxyl groups is 1. The fourth-order valence-corrected chi connectivity index (χ4v) is 1.69. The molecule has 0 fully saturated rings. The highest BCUT2D eigenvalue weighted by Crippen LogP contribution is 2.13. The van der Waals surface area contributed by atoms with E-state index in [1.807, 2.05) is 36.2 Å². The van der Waals surface area contributed by atoms with Crippen molar-refractivity contribution in [2.45, 2.75) is 13.2 Å². The van der Waals surface area contributed by atoms with Crippen LogP contribution in [0, 0.1) is 0 Å². The summed E-state index contributed by atoms with van der Waals surface area (Å²) in [6.45, 7) is 0.664. The molecule has 0 aliphatic rings. The van der Waals surface area contributed by atoms with Crippen LogP contribution in [-0.2, 0) is 13.2 Å². The Morgan fingerprint density at radius 3 is 2.28 bits per heavy atom. The normalized spacial score (nSPS) is 10.4. The van der Waals surface area contributed by atoms with E-state index >= 15 is 0 Å². The van der Waals surface area contributed by atoms with Crippen LogP contribution in [0.25, 0.3) is 0 Å². The Morgan fingerprint density at radius 2 is 1.72 bits per heavy atom. The Balaban J connectivity index is 2.06. The molecule has 0 radical (unpaired) electrons. The first-order chi connectivity index (χ1) is 8.69. The van der Waals surface area contributed by atoms with E-state index in [0.29, 0.717) is 18.1 Å². The molecular formula is C13H14ClN3O. The molecule has 0 spiro atoms. The van der Waals surface area contributed by atoms with E-state index in [1.165, 1.54) is 0 Å². The second kappa shape index (κ2) is 5.80. The molecule has 0 unspecified atom stereocenters. The summed E-state index contributed by atoms with van der Waals surface area (Å²) in [5, 5.41) is 9.65. The second-order valence-electron chi connectivity index (χ2n) is 4.03. The SMILES string of the molecule is CN(Cc1ccc(Cl)cc1)c1ncc(CO)cn1. The van der Waals surface area contributed by atoms with Crippen molar-refractivity contribution in [3.8, 4) is 0 Å². The van der Waals surface area contributed by atoms with Gasteiger partial charge in [0.05, 0.1) is 6.61 Å². The van der Waals surface area contributed by atoms with Crippen molar-refractivity contribution in [1.82, 2.24) is 9.97 Å². The van der Waals surface area contributed by atoms with Gasteiger partial charge in [0, 0.05) is 36.6 Å². The average molecular weight is 264 g/mol. The van der Waals surface area contributed by atoms with Crippen molar-refractivity contribution in [3.63, 3.8) is 0 Å². The molecule has 18 heavy (non-hydrogen) atoms. The van der Waals surface area contributed by atoms with Gasteiger partial charge in [0.2, 0.25) is 5.95 Å². The fourth-order valence-electron chi connectivity index (χ4n) is 1.56. The summed E-state index contributed by atoms with van der Waals surface area (Å²) in [6.07, 6.45) is 3.25. The predicted octanol–water partition coefficient (Wildman–Crippen LogP) is 2.26. The monoisotopic (exact) mass is 263 g/mol. The number of benzene rings is 1. The molecule has 2 aromatic rings. The predicted molar refractivity (Wildman–Crippen MR) is 71.5 cm³/mol. The first kappa shape index (κ1) is 12.8. The zero-order chi connectivity index (χ0) is 13.0. The third-order valence-electron chi connectivity index (χ3n) is 2.55. The molecule has 0 aliphatic heterocycles. The van der Waals surface area contributed by atoms with Gasteiger partial charge in [0.25, 0.3) is 0 Å². The second-order valence-corrected chi connectivity index (χ2v) is 4.47. The number of aromatic nitrogens is 2. The number of nitrogens with zero attached hydrogens (tertiary/aromatic N) is 3. The molecule has 1 aromatic heterocycles. The molecule has 1 aromatic carbocycles. The Bertz CT molecular complexity index is 499. The highest BCUT2D eigenvalue weighted by atomic mass is 35.5. The van der Waals surface area contributed by atoms with Crippen molar-refractivity contribution >= 4 is 17.5 Å². The highest BCUT2D eigenvalue weighted by Gasteiger charge is 2.05. The van der Waals surface area contributed by atoms with Gasteiger partial charge in [-0.15, -0.1) is 0 Å². The first-order valence-electron chi connectivity index (χ1n) is 5.56. The zero-order valence-electron chi connectivity index (χ0n) is 10.0. The van der Waals surface area contributed by atoms with Gasteiger partial charge in [-0.1, -0.05) is 23.7 Å². The summed E-state index contributed by atoms with van der Waals surface area (Å²) in [5.74, 6) is 0.627. The van der Waals surface area contributed by atoms with Crippen LogP contribution in [-0.4, -0.2) is 22.1 Å². The maximum absolute atomic E-state index is 8.92. The molecular weight excluding hydrogens is 250 g/mol. The molecule has 0 saturated heterocycles. The Morgan fingerprint density at radius 1 is 1.11 bits per heavy atom. The van der Waals surface area contributed by atoms with Crippen LogP contribution in [0.3, 0.4) is 0 Å². The summed E-state index contributed by atoms with van der Waals surface area (Å²) in [7, 11) is 1.92. The van der Waals surface area contributed by atoms with Gasteiger partial charge in [-0.05, 0) is 17.7 Å². The lowest BCUT2D eigenvalue weighted by Gasteiger charge is -2.17. The van der Waals surface area contributed by atoms with Crippen LogP contribution in [0.5, 0.6) is 0 Å². The van der Waals surface area contributed by atoms with E-state index in [0.717, 1.165) is 10.6 Å². The summed E-state index contributed by atoms with van der Waals surface area (Å²) >= 11 is 5.84. The zero-order valence-corrected chi connectivity index (χ0v) is 10.8. The third-order valence-corrected chi connectivity index (χ3v) is 2.80. The average Bonchev–Trinajstić information content (AvgIpc) is 2.41. The summed E-state index contributed by atoms with van der Waals surface area (Å²) in [6, 6.07) is 7.67.